The number of nitrogens with zero attached hydrogens (tertiary/aromatic N) is 3. The molecule has 0 aliphatic carbocycles. The first-order valence-corrected chi connectivity index (χ1v) is 14.8. The molecule has 1 aromatic heterocycles. The molecule has 0 bridgehead atoms. The Balaban J connectivity index is 1.30. The van der Waals surface area contributed by atoms with E-state index in [0.717, 1.165) is 6.07 Å². The first-order valence-electron chi connectivity index (χ1n) is 14.8. The van der Waals surface area contributed by atoms with Crippen LogP contribution >= 0.6 is 0 Å². The lowest BCUT2D eigenvalue weighted by molar-refractivity contribution is -0.117. The van der Waals surface area contributed by atoms with Gasteiger partial charge in [0.15, 0.2) is 0 Å². The van der Waals surface area contributed by atoms with E-state index in [0.29, 0.717) is 17.0 Å². The minimum atomic E-state index is -0.671. The molecule has 0 aliphatic rings. The van der Waals surface area contributed by atoms with Crippen LogP contribution in [0.15, 0.2) is 97.1 Å². The number of hydrogen-bond donors (Lipinski definition) is 1. The van der Waals surface area contributed by atoms with Crippen LogP contribution in [0.1, 0.15) is 34.0 Å². The number of nitrogen functional groups attached to an aromatic ring is 1. The molecule has 5 rings (SSSR count). The second-order valence-corrected chi connectivity index (χ2v) is 10.5. The number of ether oxygens (including phenoxy) is 3. The summed E-state index contributed by atoms with van der Waals surface area (Å²) in [6.45, 7) is 1.90. The van der Waals surface area contributed by atoms with E-state index >= 15 is 4.39 Å². The molecule has 0 radical (unpaired) electrons. The lowest BCUT2D eigenvalue weighted by Crippen LogP contribution is -2.29. The van der Waals surface area contributed by atoms with Gasteiger partial charge in [0.25, 0.3) is 0 Å². The van der Waals surface area contributed by atoms with Crippen molar-refractivity contribution in [3.8, 4) is 34.7 Å². The number of hydrogen-bond acceptors (Lipinski definition) is 8. The zero-order chi connectivity index (χ0) is 34.2. The van der Waals surface area contributed by atoms with Crippen LogP contribution in [0.5, 0.6) is 17.4 Å². The van der Waals surface area contributed by atoms with Crippen molar-refractivity contribution in [2.24, 2.45) is 0 Å². The van der Waals surface area contributed by atoms with Gasteiger partial charge in [0.05, 0.1) is 47.3 Å². The van der Waals surface area contributed by atoms with Crippen LogP contribution in [0, 0.1) is 23.0 Å². The molecule has 0 unspecified atom stereocenters. The largest absolute Gasteiger partial charge is 0.492 e. The smallest absolute Gasteiger partial charge is 0.343 e. The zero-order valence-corrected chi connectivity index (χ0v) is 26.1. The molecule has 1 amide bonds. The Kier molecular flexibility index (Phi) is 10.3. The zero-order valence-electron chi connectivity index (χ0n) is 26.1. The topological polar surface area (TPSA) is 128 Å². The van der Waals surface area contributed by atoms with E-state index in [1.54, 1.807) is 61.5 Å². The maximum Gasteiger partial charge on any atom is 0.343 e. The fourth-order valence-corrected chi connectivity index (χ4v) is 4.74. The van der Waals surface area contributed by atoms with Crippen LogP contribution < -0.4 is 24.8 Å². The Labute approximate surface area is 275 Å². The van der Waals surface area contributed by atoms with Crippen LogP contribution in [0.25, 0.3) is 11.3 Å². The normalized spacial score (nSPS) is 10.6. The minimum Gasteiger partial charge on any atom is -0.492 e. The second kappa shape index (κ2) is 14.9. The second-order valence-electron chi connectivity index (χ2n) is 10.5. The SMILES string of the molecule is CCOc1cc(C(=O)Oc2ccccc2)cc(N(C)C(=O)Cc2ccc(-c3cccc(OCc4ccc(C#N)cc4F)n3)cc2F)c1N. The Morgan fingerprint density at radius 1 is 0.896 bits per heavy atom. The van der Waals surface area contributed by atoms with Crippen molar-refractivity contribution in [2.45, 2.75) is 20.0 Å². The number of nitrogens with two attached hydrogens (primary N) is 1. The Hall–Kier alpha value is -6.28. The number of benzene rings is 4. The predicted octanol–water partition coefficient (Wildman–Crippen LogP) is 6.88. The standard InChI is InChI=1S/C37H30F2N4O5/c1-3-46-33-19-27(37(45)48-28-8-5-4-6-9-28)18-32(36(33)41)43(2)35(44)20-24-14-15-25(17-30(24)39)31-10-7-11-34(42-31)47-22-26-13-12-23(21-40)16-29(26)38/h4-19H,3,20,22,41H2,1-2H3. The van der Waals surface area contributed by atoms with E-state index in [2.05, 4.69) is 4.98 Å². The van der Waals surface area contributed by atoms with Gasteiger partial charge in [0.2, 0.25) is 11.8 Å². The van der Waals surface area contributed by atoms with E-state index in [4.69, 9.17) is 25.2 Å². The number of anilines is 2. The lowest BCUT2D eigenvalue weighted by Gasteiger charge is -2.22. The molecule has 5 aromatic rings. The monoisotopic (exact) mass is 648 g/mol. The summed E-state index contributed by atoms with van der Waals surface area (Å²) in [5.41, 5.74) is 8.19. The number of amides is 1. The van der Waals surface area contributed by atoms with E-state index < -0.39 is 23.5 Å². The van der Waals surface area contributed by atoms with Gasteiger partial charge < -0.3 is 24.8 Å². The van der Waals surface area contributed by atoms with Gasteiger partial charge in [-0.15, -0.1) is 0 Å². The summed E-state index contributed by atoms with van der Waals surface area (Å²) in [6.07, 6.45) is -0.308. The van der Waals surface area contributed by atoms with Crippen LogP contribution in [-0.4, -0.2) is 30.5 Å². The van der Waals surface area contributed by atoms with Gasteiger partial charge >= 0.3 is 5.97 Å². The van der Waals surface area contributed by atoms with Gasteiger partial charge in [-0.3, -0.25) is 4.79 Å². The molecule has 0 atom stereocenters. The quantitative estimate of drug-likeness (QED) is 0.0933. The van der Waals surface area contributed by atoms with E-state index in [9.17, 15) is 14.0 Å². The van der Waals surface area contributed by atoms with Crippen molar-refractivity contribution >= 4 is 23.3 Å². The van der Waals surface area contributed by atoms with Gasteiger partial charge in [-0.1, -0.05) is 42.5 Å². The van der Waals surface area contributed by atoms with Gasteiger partial charge in [0.1, 0.15) is 29.7 Å². The Morgan fingerprint density at radius 2 is 1.65 bits per heavy atom. The molecule has 0 aliphatic heterocycles. The fraction of sp³-hybridized carbons (Fsp3) is 0.135. The number of esters is 1. The molecule has 9 nitrogen and oxygen atoms in total. The number of carbonyl (C=O) groups is 2. The maximum absolute atomic E-state index is 15.4. The van der Waals surface area contributed by atoms with Crippen molar-refractivity contribution < 1.29 is 32.6 Å². The number of halogens is 2. The molecule has 11 heteroatoms. The summed E-state index contributed by atoms with van der Waals surface area (Å²) >= 11 is 0. The number of likely N-dealkylation sites (N-methyl/N-ethyl adjacent to an activating group) is 1. The van der Waals surface area contributed by atoms with Gasteiger partial charge in [-0.2, -0.15) is 5.26 Å². The van der Waals surface area contributed by atoms with E-state index in [-0.39, 0.29) is 64.9 Å². The van der Waals surface area contributed by atoms with E-state index in [1.165, 1.54) is 48.3 Å². The number of para-hydroxylation sites is 1. The van der Waals surface area contributed by atoms with Crippen molar-refractivity contribution in [3.63, 3.8) is 0 Å². The Bertz CT molecular complexity index is 2010. The molecule has 0 fully saturated rings. The molecular weight excluding hydrogens is 618 g/mol. The van der Waals surface area contributed by atoms with Gasteiger partial charge in [-0.25, -0.2) is 18.6 Å². The molecule has 0 saturated carbocycles. The van der Waals surface area contributed by atoms with E-state index in [1.807, 2.05) is 6.07 Å². The molecule has 242 valence electrons. The van der Waals surface area contributed by atoms with Gasteiger partial charge in [0, 0.05) is 24.2 Å². The van der Waals surface area contributed by atoms with Crippen LogP contribution in [0.4, 0.5) is 20.2 Å². The highest BCUT2D eigenvalue weighted by Crippen LogP contribution is 2.35. The Morgan fingerprint density at radius 3 is 2.35 bits per heavy atom. The molecule has 0 spiro atoms. The molecule has 4 aromatic carbocycles. The third-order valence-corrected chi connectivity index (χ3v) is 7.32. The van der Waals surface area contributed by atoms with Gasteiger partial charge in [-0.05, 0) is 61.0 Å². The molecule has 48 heavy (non-hydrogen) atoms. The molecular formula is C37H30F2N4O5. The van der Waals surface area contributed by atoms with Crippen LogP contribution in [0.2, 0.25) is 0 Å². The van der Waals surface area contributed by atoms with Crippen molar-refractivity contribution in [1.82, 2.24) is 4.98 Å². The average molecular weight is 649 g/mol. The number of rotatable bonds is 11. The summed E-state index contributed by atoms with van der Waals surface area (Å²) in [5, 5.41) is 8.92. The molecule has 2 N–H and O–H groups in total. The van der Waals surface area contributed by atoms with Crippen molar-refractivity contribution in [1.29, 1.82) is 5.26 Å². The molecule has 0 saturated heterocycles. The third kappa shape index (κ3) is 7.74. The number of carbonyl (C=O) groups excluding carboxylic acids is 2. The fourth-order valence-electron chi connectivity index (χ4n) is 4.74. The summed E-state index contributed by atoms with van der Waals surface area (Å²) in [5.74, 6) is -1.63. The maximum atomic E-state index is 15.4. The minimum absolute atomic E-state index is 0.113. The van der Waals surface area contributed by atoms with Crippen molar-refractivity contribution in [2.75, 3.05) is 24.3 Å². The number of nitriles is 1. The highest BCUT2D eigenvalue weighted by molar-refractivity contribution is 6.01. The lowest BCUT2D eigenvalue weighted by atomic mass is 10.0. The summed E-state index contributed by atoms with van der Waals surface area (Å²) in [7, 11) is 1.47. The van der Waals surface area contributed by atoms with Crippen molar-refractivity contribution in [3.05, 3.63) is 131 Å². The summed E-state index contributed by atoms with van der Waals surface area (Å²) in [4.78, 5) is 32.0. The highest BCUT2D eigenvalue weighted by Gasteiger charge is 2.22. The number of pyridine rings is 1. The first kappa shape index (κ1) is 33.1. The summed E-state index contributed by atoms with van der Waals surface area (Å²) < 4.78 is 46.3. The predicted molar refractivity (Wildman–Crippen MR) is 176 cm³/mol. The molecule has 1 heterocycles. The third-order valence-electron chi connectivity index (χ3n) is 7.32. The first-order chi connectivity index (χ1) is 23.2. The average Bonchev–Trinajstić information content (AvgIpc) is 3.09. The summed E-state index contributed by atoms with van der Waals surface area (Å²) in [6, 6.07) is 26.6. The van der Waals surface area contributed by atoms with Crippen LogP contribution in [-0.2, 0) is 17.8 Å². The highest BCUT2D eigenvalue weighted by atomic mass is 19.1. The van der Waals surface area contributed by atoms with Crippen LogP contribution in [0.3, 0.4) is 0 Å². The number of aromatic nitrogens is 1.